The summed E-state index contributed by atoms with van der Waals surface area (Å²) in [7, 11) is 0. The lowest BCUT2D eigenvalue weighted by atomic mass is 10.1. The van der Waals surface area contributed by atoms with E-state index in [0.717, 1.165) is 10.9 Å². The molecule has 0 radical (unpaired) electrons. The van der Waals surface area contributed by atoms with Gasteiger partial charge in [-0.2, -0.15) is 0 Å². The Balaban J connectivity index is 1.54. The standard InChI is InChI=1S/C20H16ClN3O2/c21-15-7-1-2-9-17(15)24-12-14(11-18(24)25)20(26)23-16-8-3-5-13-6-4-10-22-19(13)16/h1-10,14H,11-12H2,(H,23,26)/t14-/m1/s1. The average Bonchev–Trinajstić information content (AvgIpc) is 3.04. The number of pyridine rings is 1. The molecule has 1 fully saturated rings. The second-order valence-corrected chi connectivity index (χ2v) is 6.63. The van der Waals surface area contributed by atoms with Crippen LogP contribution in [-0.4, -0.2) is 23.3 Å². The SMILES string of the molecule is O=C(Nc1cccc2cccnc12)[C@@H]1CC(=O)N(c2ccccc2Cl)C1. The van der Waals surface area contributed by atoms with E-state index >= 15 is 0 Å². The van der Waals surface area contributed by atoms with Crippen LogP contribution in [0, 0.1) is 5.92 Å². The van der Waals surface area contributed by atoms with E-state index in [4.69, 9.17) is 11.6 Å². The molecule has 4 rings (SSSR count). The number of aromatic nitrogens is 1. The third-order valence-electron chi connectivity index (χ3n) is 4.53. The smallest absolute Gasteiger partial charge is 0.229 e. The largest absolute Gasteiger partial charge is 0.324 e. The number of para-hydroxylation sites is 2. The Bertz CT molecular complexity index is 1000. The summed E-state index contributed by atoms with van der Waals surface area (Å²) in [4.78, 5) is 31.0. The van der Waals surface area contributed by atoms with Crippen molar-refractivity contribution < 1.29 is 9.59 Å². The fraction of sp³-hybridized carbons (Fsp3) is 0.150. The van der Waals surface area contributed by atoms with Crippen molar-refractivity contribution in [1.82, 2.24) is 4.98 Å². The molecule has 3 aromatic rings. The van der Waals surface area contributed by atoms with Crippen LogP contribution in [0.25, 0.3) is 10.9 Å². The lowest BCUT2D eigenvalue weighted by Gasteiger charge is -2.18. The Labute approximate surface area is 155 Å². The number of nitrogens with one attached hydrogen (secondary N) is 1. The Morgan fingerprint density at radius 2 is 1.92 bits per heavy atom. The predicted octanol–water partition coefficient (Wildman–Crippen LogP) is 3.88. The van der Waals surface area contributed by atoms with Crippen molar-refractivity contribution >= 4 is 45.7 Å². The van der Waals surface area contributed by atoms with Gasteiger partial charge >= 0.3 is 0 Å². The van der Waals surface area contributed by atoms with E-state index in [1.807, 2.05) is 42.5 Å². The van der Waals surface area contributed by atoms with Gasteiger partial charge in [-0.15, -0.1) is 0 Å². The number of nitrogens with zero attached hydrogens (tertiary/aromatic N) is 2. The van der Waals surface area contributed by atoms with Gasteiger partial charge in [-0.1, -0.05) is 41.9 Å². The van der Waals surface area contributed by atoms with Gasteiger partial charge in [0.05, 0.1) is 27.8 Å². The van der Waals surface area contributed by atoms with Crippen LogP contribution in [0.1, 0.15) is 6.42 Å². The zero-order valence-corrected chi connectivity index (χ0v) is 14.6. The zero-order chi connectivity index (χ0) is 18.1. The summed E-state index contributed by atoms with van der Waals surface area (Å²) in [5.41, 5.74) is 2.02. The molecule has 0 aliphatic carbocycles. The van der Waals surface area contributed by atoms with Crippen LogP contribution in [0.3, 0.4) is 0 Å². The van der Waals surface area contributed by atoms with Gasteiger partial charge < -0.3 is 10.2 Å². The second-order valence-electron chi connectivity index (χ2n) is 6.23. The van der Waals surface area contributed by atoms with Crippen molar-refractivity contribution in [2.45, 2.75) is 6.42 Å². The van der Waals surface area contributed by atoms with Gasteiger partial charge in [0.25, 0.3) is 0 Å². The number of hydrogen-bond acceptors (Lipinski definition) is 3. The van der Waals surface area contributed by atoms with E-state index < -0.39 is 5.92 Å². The molecule has 26 heavy (non-hydrogen) atoms. The Hall–Kier alpha value is -2.92. The van der Waals surface area contributed by atoms with Crippen molar-refractivity contribution in [1.29, 1.82) is 0 Å². The third-order valence-corrected chi connectivity index (χ3v) is 4.85. The summed E-state index contributed by atoms with van der Waals surface area (Å²) in [5.74, 6) is -0.724. The van der Waals surface area contributed by atoms with E-state index in [-0.39, 0.29) is 18.2 Å². The topological polar surface area (TPSA) is 62.3 Å². The van der Waals surface area contributed by atoms with Crippen LogP contribution in [0.5, 0.6) is 0 Å². The van der Waals surface area contributed by atoms with Gasteiger partial charge in [0.1, 0.15) is 0 Å². The minimum Gasteiger partial charge on any atom is -0.324 e. The van der Waals surface area contributed by atoms with Crippen LogP contribution in [0.15, 0.2) is 60.8 Å². The molecule has 1 saturated heterocycles. The molecule has 1 aliphatic heterocycles. The molecule has 0 unspecified atom stereocenters. The summed E-state index contributed by atoms with van der Waals surface area (Å²) < 4.78 is 0. The summed E-state index contributed by atoms with van der Waals surface area (Å²) in [6.07, 6.45) is 1.85. The maximum absolute atomic E-state index is 12.7. The molecule has 0 saturated carbocycles. The van der Waals surface area contributed by atoms with E-state index in [1.165, 1.54) is 0 Å². The lowest BCUT2D eigenvalue weighted by molar-refractivity contribution is -0.122. The lowest BCUT2D eigenvalue weighted by Crippen LogP contribution is -2.28. The maximum atomic E-state index is 12.7. The monoisotopic (exact) mass is 365 g/mol. The minimum atomic E-state index is -0.433. The minimum absolute atomic E-state index is 0.103. The van der Waals surface area contributed by atoms with Gasteiger partial charge in [0.2, 0.25) is 11.8 Å². The third kappa shape index (κ3) is 3.02. The molecule has 1 aromatic heterocycles. The van der Waals surface area contributed by atoms with Crippen molar-refractivity contribution in [2.24, 2.45) is 5.92 Å². The molecule has 0 spiro atoms. The summed E-state index contributed by atoms with van der Waals surface area (Å²) in [6, 6.07) is 16.6. The van der Waals surface area contributed by atoms with Crippen molar-refractivity contribution in [3.63, 3.8) is 0 Å². The number of hydrogen-bond donors (Lipinski definition) is 1. The molecule has 2 heterocycles. The summed E-state index contributed by atoms with van der Waals surface area (Å²) in [5, 5.41) is 4.37. The highest BCUT2D eigenvalue weighted by Gasteiger charge is 2.36. The second kappa shape index (κ2) is 6.77. The molecule has 0 bridgehead atoms. The van der Waals surface area contributed by atoms with Crippen molar-refractivity contribution in [3.05, 3.63) is 65.8 Å². The zero-order valence-electron chi connectivity index (χ0n) is 13.9. The number of carbonyl (C=O) groups is 2. The van der Waals surface area contributed by atoms with Crippen LogP contribution < -0.4 is 10.2 Å². The fourth-order valence-electron chi connectivity index (χ4n) is 3.23. The van der Waals surface area contributed by atoms with E-state index in [9.17, 15) is 9.59 Å². The number of anilines is 2. The molecule has 1 aliphatic rings. The van der Waals surface area contributed by atoms with E-state index in [0.29, 0.717) is 22.9 Å². The van der Waals surface area contributed by atoms with Gasteiger partial charge in [0, 0.05) is 24.5 Å². The molecule has 1 N–H and O–H groups in total. The molecule has 2 amide bonds. The first-order valence-electron chi connectivity index (χ1n) is 8.33. The predicted molar refractivity (Wildman–Crippen MR) is 102 cm³/mol. The highest BCUT2D eigenvalue weighted by Crippen LogP contribution is 2.31. The first kappa shape index (κ1) is 16.5. The fourth-order valence-corrected chi connectivity index (χ4v) is 3.46. The van der Waals surface area contributed by atoms with E-state index in [1.54, 1.807) is 23.2 Å². The molecule has 1 atom stereocenters. The van der Waals surface area contributed by atoms with Gasteiger partial charge in [0.15, 0.2) is 0 Å². The maximum Gasteiger partial charge on any atom is 0.229 e. The number of carbonyl (C=O) groups excluding carboxylic acids is 2. The van der Waals surface area contributed by atoms with Crippen molar-refractivity contribution in [3.8, 4) is 0 Å². The highest BCUT2D eigenvalue weighted by molar-refractivity contribution is 6.34. The van der Waals surface area contributed by atoms with Crippen LogP contribution in [0.4, 0.5) is 11.4 Å². The van der Waals surface area contributed by atoms with Crippen LogP contribution in [0.2, 0.25) is 5.02 Å². The number of amides is 2. The molecule has 5 nitrogen and oxygen atoms in total. The van der Waals surface area contributed by atoms with Crippen LogP contribution >= 0.6 is 11.6 Å². The van der Waals surface area contributed by atoms with Gasteiger partial charge in [-0.3, -0.25) is 14.6 Å². The van der Waals surface area contributed by atoms with E-state index in [2.05, 4.69) is 10.3 Å². The molecule has 6 heteroatoms. The highest BCUT2D eigenvalue weighted by atomic mass is 35.5. The van der Waals surface area contributed by atoms with Gasteiger partial charge in [-0.05, 0) is 24.3 Å². The molecule has 2 aromatic carbocycles. The number of fused-ring (bicyclic) bond motifs is 1. The van der Waals surface area contributed by atoms with Gasteiger partial charge in [-0.25, -0.2) is 0 Å². The molecular formula is C20H16ClN3O2. The first-order chi connectivity index (χ1) is 12.6. The molecule has 130 valence electrons. The Morgan fingerprint density at radius 3 is 2.77 bits per heavy atom. The number of halogens is 1. The average molecular weight is 366 g/mol. The quantitative estimate of drug-likeness (QED) is 0.766. The Morgan fingerprint density at radius 1 is 1.12 bits per heavy atom. The number of rotatable bonds is 3. The first-order valence-corrected chi connectivity index (χ1v) is 8.71. The van der Waals surface area contributed by atoms with Crippen molar-refractivity contribution in [2.75, 3.05) is 16.8 Å². The summed E-state index contributed by atoms with van der Waals surface area (Å²) >= 11 is 6.19. The van der Waals surface area contributed by atoms with Crippen LogP contribution in [-0.2, 0) is 9.59 Å². The summed E-state index contributed by atoms with van der Waals surface area (Å²) in [6.45, 7) is 0.312. The Kier molecular flexibility index (Phi) is 4.31. The normalized spacial score (nSPS) is 16.9. The number of benzene rings is 2. The molecular weight excluding hydrogens is 350 g/mol.